The third-order valence-corrected chi connectivity index (χ3v) is 3.23. The highest BCUT2D eigenvalue weighted by Crippen LogP contribution is 2.35. The quantitative estimate of drug-likeness (QED) is 0.817. The molecule has 0 saturated carbocycles. The number of aromatic nitrogens is 1. The number of nitrogens with two attached hydrogens (primary N) is 1. The second kappa shape index (κ2) is 3.94. The predicted molar refractivity (Wildman–Crippen MR) is 72.9 cm³/mol. The van der Waals surface area contributed by atoms with Gasteiger partial charge in [0.05, 0.1) is 0 Å². The summed E-state index contributed by atoms with van der Waals surface area (Å²) >= 11 is 3.50. The molecule has 0 atom stereocenters. The van der Waals surface area contributed by atoms with Gasteiger partial charge >= 0.3 is 0 Å². The number of nitrogens with zero attached hydrogens (tertiary/aromatic N) is 2. The number of aryl methyl sites for hydroxylation is 1. The van der Waals surface area contributed by atoms with Crippen molar-refractivity contribution in [3.8, 4) is 0 Å². The van der Waals surface area contributed by atoms with Crippen molar-refractivity contribution in [2.75, 3.05) is 24.7 Å². The first-order valence-electron chi connectivity index (χ1n) is 5.03. The summed E-state index contributed by atoms with van der Waals surface area (Å²) in [6.07, 6.45) is 1.80. The minimum atomic E-state index is 0.776. The van der Waals surface area contributed by atoms with Gasteiger partial charge in [0, 0.05) is 41.2 Å². The van der Waals surface area contributed by atoms with E-state index in [1.165, 1.54) is 5.56 Å². The highest BCUT2D eigenvalue weighted by atomic mass is 79.9. The van der Waals surface area contributed by atoms with E-state index in [1.807, 2.05) is 31.1 Å². The van der Waals surface area contributed by atoms with Gasteiger partial charge in [0.25, 0.3) is 0 Å². The Bertz CT molecular complexity index is 541. The van der Waals surface area contributed by atoms with Gasteiger partial charge in [-0.1, -0.05) is 6.07 Å². The van der Waals surface area contributed by atoms with Crippen LogP contribution < -0.4 is 10.6 Å². The Morgan fingerprint density at radius 3 is 2.56 bits per heavy atom. The summed E-state index contributed by atoms with van der Waals surface area (Å²) in [6.45, 7) is 2.07. The molecule has 0 unspecified atom stereocenters. The van der Waals surface area contributed by atoms with E-state index in [4.69, 9.17) is 5.73 Å². The fourth-order valence-electron chi connectivity index (χ4n) is 1.85. The van der Waals surface area contributed by atoms with Crippen LogP contribution in [0.15, 0.2) is 22.8 Å². The number of pyridine rings is 1. The fraction of sp³-hybridized carbons (Fsp3) is 0.250. The Balaban J connectivity index is 2.97. The molecule has 1 aromatic carbocycles. The van der Waals surface area contributed by atoms with Crippen LogP contribution in [0, 0.1) is 6.92 Å². The maximum absolute atomic E-state index is 6.02. The van der Waals surface area contributed by atoms with E-state index >= 15 is 0 Å². The average Bonchev–Trinajstić information content (AvgIpc) is 2.23. The van der Waals surface area contributed by atoms with Crippen molar-refractivity contribution in [1.29, 1.82) is 0 Å². The molecular weight excluding hydrogens is 266 g/mol. The van der Waals surface area contributed by atoms with Crippen LogP contribution in [0.3, 0.4) is 0 Å². The van der Waals surface area contributed by atoms with Gasteiger partial charge in [0.1, 0.15) is 5.82 Å². The maximum Gasteiger partial charge on any atom is 0.136 e. The second-order valence-electron chi connectivity index (χ2n) is 4.05. The van der Waals surface area contributed by atoms with Crippen LogP contribution in [-0.4, -0.2) is 19.1 Å². The molecule has 0 bridgehead atoms. The molecule has 2 rings (SSSR count). The smallest absolute Gasteiger partial charge is 0.136 e. The largest absolute Gasteiger partial charge is 0.398 e. The SMILES string of the molecule is Cc1ccc(N)c2c(Br)cnc(N(C)C)c12. The zero-order valence-electron chi connectivity index (χ0n) is 9.58. The molecule has 0 radical (unpaired) electrons. The highest BCUT2D eigenvalue weighted by Gasteiger charge is 2.12. The molecule has 0 spiro atoms. The monoisotopic (exact) mass is 279 g/mol. The molecule has 4 heteroatoms. The number of rotatable bonds is 1. The number of anilines is 2. The number of halogens is 1. The van der Waals surface area contributed by atoms with Gasteiger partial charge in [-0.3, -0.25) is 0 Å². The Morgan fingerprint density at radius 2 is 1.94 bits per heavy atom. The lowest BCUT2D eigenvalue weighted by molar-refractivity contribution is 1.08. The number of fused-ring (bicyclic) bond motifs is 1. The van der Waals surface area contributed by atoms with E-state index in [1.54, 1.807) is 6.20 Å². The standard InChI is InChI=1S/C12H14BrN3/c1-7-4-5-9(14)11-8(13)6-15-12(10(7)11)16(2)3/h4-6H,14H2,1-3H3. The van der Waals surface area contributed by atoms with E-state index in [-0.39, 0.29) is 0 Å². The number of hydrogen-bond donors (Lipinski definition) is 1. The van der Waals surface area contributed by atoms with Crippen molar-refractivity contribution >= 4 is 38.2 Å². The number of benzene rings is 1. The van der Waals surface area contributed by atoms with Crippen LogP contribution in [0.2, 0.25) is 0 Å². The van der Waals surface area contributed by atoms with Crippen LogP contribution in [0.25, 0.3) is 10.8 Å². The fourth-order valence-corrected chi connectivity index (χ4v) is 2.38. The molecule has 16 heavy (non-hydrogen) atoms. The van der Waals surface area contributed by atoms with Crippen molar-refractivity contribution < 1.29 is 0 Å². The average molecular weight is 280 g/mol. The molecule has 2 aromatic rings. The van der Waals surface area contributed by atoms with Crippen molar-refractivity contribution in [3.63, 3.8) is 0 Å². The van der Waals surface area contributed by atoms with Crippen LogP contribution in [0.4, 0.5) is 11.5 Å². The minimum Gasteiger partial charge on any atom is -0.398 e. The molecule has 0 aliphatic rings. The first kappa shape index (κ1) is 11.2. The van der Waals surface area contributed by atoms with Crippen molar-refractivity contribution in [3.05, 3.63) is 28.4 Å². The normalized spacial score (nSPS) is 10.8. The molecule has 3 nitrogen and oxygen atoms in total. The van der Waals surface area contributed by atoms with Crippen molar-refractivity contribution in [2.24, 2.45) is 0 Å². The van der Waals surface area contributed by atoms with Crippen LogP contribution >= 0.6 is 15.9 Å². The molecule has 84 valence electrons. The minimum absolute atomic E-state index is 0.776. The lowest BCUT2D eigenvalue weighted by Crippen LogP contribution is -2.11. The highest BCUT2D eigenvalue weighted by molar-refractivity contribution is 9.10. The molecule has 0 aliphatic carbocycles. The van der Waals surface area contributed by atoms with Gasteiger partial charge in [-0.05, 0) is 34.5 Å². The second-order valence-corrected chi connectivity index (χ2v) is 4.90. The van der Waals surface area contributed by atoms with E-state index in [9.17, 15) is 0 Å². The summed E-state index contributed by atoms with van der Waals surface area (Å²) in [7, 11) is 3.97. The molecule has 0 aliphatic heterocycles. The van der Waals surface area contributed by atoms with Gasteiger partial charge < -0.3 is 10.6 Å². The first-order chi connectivity index (χ1) is 7.52. The van der Waals surface area contributed by atoms with Crippen LogP contribution in [0.5, 0.6) is 0 Å². The summed E-state index contributed by atoms with van der Waals surface area (Å²) in [5, 5.41) is 2.15. The Hall–Kier alpha value is -1.29. The van der Waals surface area contributed by atoms with E-state index in [2.05, 4.69) is 27.8 Å². The van der Waals surface area contributed by atoms with Crippen LogP contribution in [0.1, 0.15) is 5.56 Å². The molecule has 1 aromatic heterocycles. The van der Waals surface area contributed by atoms with E-state index in [0.29, 0.717) is 0 Å². The Kier molecular flexibility index (Phi) is 2.76. The lowest BCUT2D eigenvalue weighted by atomic mass is 10.0. The van der Waals surface area contributed by atoms with Gasteiger partial charge in [0.2, 0.25) is 0 Å². The molecule has 0 amide bonds. The maximum atomic E-state index is 6.02. The molecular formula is C12H14BrN3. The summed E-state index contributed by atoms with van der Waals surface area (Å²) in [4.78, 5) is 6.43. The third kappa shape index (κ3) is 1.63. The zero-order valence-corrected chi connectivity index (χ0v) is 11.2. The summed E-state index contributed by atoms with van der Waals surface area (Å²) in [5.41, 5.74) is 7.98. The third-order valence-electron chi connectivity index (χ3n) is 2.63. The first-order valence-corrected chi connectivity index (χ1v) is 5.82. The zero-order chi connectivity index (χ0) is 11.9. The summed E-state index contributed by atoms with van der Waals surface area (Å²) in [6, 6.07) is 3.96. The topological polar surface area (TPSA) is 42.1 Å². The predicted octanol–water partition coefficient (Wildman–Crippen LogP) is 2.95. The molecule has 2 N–H and O–H groups in total. The molecule has 1 heterocycles. The lowest BCUT2D eigenvalue weighted by Gasteiger charge is -2.17. The summed E-state index contributed by atoms with van der Waals surface area (Å²) < 4.78 is 0.939. The van der Waals surface area contributed by atoms with Gasteiger partial charge in [-0.15, -0.1) is 0 Å². The number of nitrogen functional groups attached to an aromatic ring is 1. The van der Waals surface area contributed by atoms with Crippen LogP contribution in [-0.2, 0) is 0 Å². The molecule has 0 saturated heterocycles. The Labute approximate surface area is 103 Å². The molecule has 0 fully saturated rings. The van der Waals surface area contributed by atoms with Gasteiger partial charge in [-0.2, -0.15) is 0 Å². The van der Waals surface area contributed by atoms with Crippen molar-refractivity contribution in [1.82, 2.24) is 4.98 Å². The van der Waals surface area contributed by atoms with E-state index < -0.39 is 0 Å². The Morgan fingerprint density at radius 1 is 1.25 bits per heavy atom. The number of hydrogen-bond acceptors (Lipinski definition) is 3. The summed E-state index contributed by atoms with van der Waals surface area (Å²) in [5.74, 6) is 0.947. The van der Waals surface area contributed by atoms with Crippen molar-refractivity contribution in [2.45, 2.75) is 6.92 Å². The van der Waals surface area contributed by atoms with Gasteiger partial charge in [-0.25, -0.2) is 4.98 Å². The van der Waals surface area contributed by atoms with Gasteiger partial charge in [0.15, 0.2) is 0 Å². The van der Waals surface area contributed by atoms with E-state index in [0.717, 1.165) is 26.8 Å².